The topological polar surface area (TPSA) is 104 Å². The average molecular weight is 276 g/mol. The van der Waals surface area contributed by atoms with E-state index in [1.165, 1.54) is 0 Å². The maximum absolute atomic E-state index is 11.5. The molecule has 0 unspecified atom stereocenters. The predicted molar refractivity (Wildman–Crippen MR) is 80.9 cm³/mol. The normalized spacial score (nSPS) is 11.8. The Morgan fingerprint density at radius 1 is 1.45 bits per heavy atom. The first-order valence-corrected chi connectivity index (χ1v) is 6.53. The molecule has 1 aromatic carbocycles. The molecule has 6 nitrogen and oxygen atoms in total. The molecule has 20 heavy (non-hydrogen) atoms. The summed E-state index contributed by atoms with van der Waals surface area (Å²) >= 11 is 0. The largest absolute Gasteiger partial charge is 0.397 e. The van der Waals surface area contributed by atoms with Crippen LogP contribution in [0.5, 0.6) is 0 Å². The molecule has 1 heterocycles. The highest BCUT2D eigenvalue weighted by Crippen LogP contribution is 2.23. The number of nitrogens with two attached hydrogens (primary N) is 1. The van der Waals surface area contributed by atoms with Crippen molar-refractivity contribution in [1.29, 1.82) is 0 Å². The number of anilines is 2. The Labute approximate surface area is 117 Å². The summed E-state index contributed by atoms with van der Waals surface area (Å²) in [5.74, 6) is 0. The maximum Gasteiger partial charge on any atom is 0.269 e. The molecular formula is C14H20N4O2. The molecule has 0 spiro atoms. The highest BCUT2D eigenvalue weighted by Gasteiger charge is 2.12. The number of fused-ring (bicyclic) bond motifs is 1. The number of aromatic nitrogens is 2. The molecule has 5 N–H and O–H groups in total. The van der Waals surface area contributed by atoms with Gasteiger partial charge < -0.3 is 21.1 Å². The number of benzene rings is 1. The number of rotatable bonds is 4. The molecule has 0 atom stereocenters. The van der Waals surface area contributed by atoms with Gasteiger partial charge in [-0.05, 0) is 39.3 Å². The van der Waals surface area contributed by atoms with Gasteiger partial charge in [0.1, 0.15) is 5.69 Å². The first-order valence-electron chi connectivity index (χ1n) is 6.53. The summed E-state index contributed by atoms with van der Waals surface area (Å²) in [6.07, 6.45) is 0.600. The molecule has 0 aliphatic carbocycles. The molecule has 6 heteroatoms. The minimum absolute atomic E-state index is 0.209. The van der Waals surface area contributed by atoms with Crippen LogP contribution in [0.3, 0.4) is 0 Å². The second-order valence-electron chi connectivity index (χ2n) is 5.60. The van der Waals surface area contributed by atoms with Gasteiger partial charge in [-0.25, -0.2) is 4.98 Å². The Morgan fingerprint density at radius 2 is 2.15 bits per heavy atom. The molecule has 0 saturated carbocycles. The lowest BCUT2D eigenvalue weighted by atomic mass is 10.1. The van der Waals surface area contributed by atoms with Crippen LogP contribution in [0.15, 0.2) is 16.9 Å². The van der Waals surface area contributed by atoms with Gasteiger partial charge >= 0.3 is 0 Å². The molecule has 1 aromatic heterocycles. The number of aliphatic hydroxyl groups is 1. The highest BCUT2D eigenvalue weighted by molar-refractivity contribution is 5.86. The SMILES string of the molecule is Cc1nc2cc(NCCC(C)(C)O)c(N)cc2[nH]c1=O. The van der Waals surface area contributed by atoms with Crippen LogP contribution in [0.2, 0.25) is 0 Å². The van der Waals surface area contributed by atoms with Gasteiger partial charge in [-0.15, -0.1) is 0 Å². The Hall–Kier alpha value is -2.08. The molecule has 0 amide bonds. The lowest BCUT2D eigenvalue weighted by Gasteiger charge is -2.18. The van der Waals surface area contributed by atoms with Crippen LogP contribution in [0.1, 0.15) is 26.0 Å². The van der Waals surface area contributed by atoms with Crippen LogP contribution < -0.4 is 16.6 Å². The number of hydrogen-bond donors (Lipinski definition) is 4. The fraction of sp³-hybridized carbons (Fsp3) is 0.429. The summed E-state index contributed by atoms with van der Waals surface area (Å²) in [5.41, 5.74) is 8.03. The Kier molecular flexibility index (Phi) is 3.67. The van der Waals surface area contributed by atoms with E-state index >= 15 is 0 Å². The summed E-state index contributed by atoms with van der Waals surface area (Å²) in [5, 5.41) is 12.9. The zero-order valence-corrected chi connectivity index (χ0v) is 11.9. The maximum atomic E-state index is 11.5. The number of aryl methyl sites for hydroxylation is 1. The van der Waals surface area contributed by atoms with Crippen molar-refractivity contribution in [1.82, 2.24) is 9.97 Å². The lowest BCUT2D eigenvalue weighted by molar-refractivity contribution is 0.0749. The van der Waals surface area contributed by atoms with E-state index in [1.807, 2.05) is 0 Å². The molecule has 0 radical (unpaired) electrons. The van der Waals surface area contributed by atoms with Crippen molar-refractivity contribution in [2.24, 2.45) is 0 Å². The van der Waals surface area contributed by atoms with Gasteiger partial charge in [-0.3, -0.25) is 4.79 Å². The highest BCUT2D eigenvalue weighted by atomic mass is 16.3. The van der Waals surface area contributed by atoms with Crippen molar-refractivity contribution in [3.05, 3.63) is 28.2 Å². The molecule has 0 bridgehead atoms. The Bertz CT molecular complexity index is 686. The fourth-order valence-corrected chi connectivity index (χ4v) is 1.90. The van der Waals surface area contributed by atoms with Crippen LogP contribution in [-0.2, 0) is 0 Å². The molecule has 108 valence electrons. The third kappa shape index (κ3) is 3.27. The van der Waals surface area contributed by atoms with E-state index in [4.69, 9.17) is 5.73 Å². The molecule has 0 aliphatic rings. The van der Waals surface area contributed by atoms with E-state index in [0.29, 0.717) is 35.4 Å². The van der Waals surface area contributed by atoms with Crippen molar-refractivity contribution in [3.8, 4) is 0 Å². The summed E-state index contributed by atoms with van der Waals surface area (Å²) in [4.78, 5) is 18.5. The molecule has 2 rings (SSSR count). The van der Waals surface area contributed by atoms with Gasteiger partial charge in [0.2, 0.25) is 0 Å². The van der Waals surface area contributed by atoms with Crippen molar-refractivity contribution in [3.63, 3.8) is 0 Å². The monoisotopic (exact) mass is 276 g/mol. The number of nitrogens with zero attached hydrogens (tertiary/aromatic N) is 1. The van der Waals surface area contributed by atoms with Gasteiger partial charge in [0.15, 0.2) is 0 Å². The second-order valence-corrected chi connectivity index (χ2v) is 5.60. The number of nitrogens with one attached hydrogen (secondary N) is 2. The average Bonchev–Trinajstić information content (AvgIpc) is 2.31. The standard InChI is InChI=1S/C14H20N4O2/c1-8-13(19)18-11-6-9(15)10(7-12(11)17-8)16-5-4-14(2,3)20/h6-7,16,20H,4-5,15H2,1-3H3,(H,18,19). The van der Waals surface area contributed by atoms with Crippen LogP contribution in [0, 0.1) is 6.92 Å². The van der Waals surface area contributed by atoms with Crippen LogP contribution >= 0.6 is 0 Å². The van der Waals surface area contributed by atoms with Crippen molar-refractivity contribution >= 4 is 22.4 Å². The van der Waals surface area contributed by atoms with E-state index < -0.39 is 5.60 Å². The van der Waals surface area contributed by atoms with Gasteiger partial charge in [-0.1, -0.05) is 0 Å². The number of nitrogen functional groups attached to an aromatic ring is 1. The molecule has 0 saturated heterocycles. The van der Waals surface area contributed by atoms with Crippen LogP contribution in [-0.4, -0.2) is 27.2 Å². The summed E-state index contributed by atoms with van der Waals surface area (Å²) in [7, 11) is 0. The first kappa shape index (κ1) is 14.3. The zero-order valence-electron chi connectivity index (χ0n) is 11.9. The minimum atomic E-state index is -0.724. The summed E-state index contributed by atoms with van der Waals surface area (Å²) < 4.78 is 0. The van der Waals surface area contributed by atoms with Crippen molar-refractivity contribution < 1.29 is 5.11 Å². The lowest BCUT2D eigenvalue weighted by Crippen LogP contribution is -2.22. The van der Waals surface area contributed by atoms with Crippen LogP contribution in [0.25, 0.3) is 11.0 Å². The Morgan fingerprint density at radius 3 is 2.80 bits per heavy atom. The predicted octanol–water partition coefficient (Wildman–Crippen LogP) is 1.39. The van der Waals surface area contributed by atoms with E-state index in [2.05, 4.69) is 15.3 Å². The third-order valence-electron chi connectivity index (χ3n) is 3.09. The number of H-pyrrole nitrogens is 1. The number of hydrogen-bond acceptors (Lipinski definition) is 5. The van der Waals surface area contributed by atoms with Gasteiger partial charge in [0, 0.05) is 6.54 Å². The zero-order chi connectivity index (χ0) is 14.9. The minimum Gasteiger partial charge on any atom is -0.397 e. The van der Waals surface area contributed by atoms with Crippen molar-refractivity contribution in [2.45, 2.75) is 32.8 Å². The molecule has 2 aromatic rings. The molecular weight excluding hydrogens is 256 g/mol. The smallest absolute Gasteiger partial charge is 0.269 e. The van der Waals surface area contributed by atoms with E-state index in [-0.39, 0.29) is 5.56 Å². The van der Waals surface area contributed by atoms with Gasteiger partial charge in [0.05, 0.1) is 28.0 Å². The number of aromatic amines is 1. The summed E-state index contributed by atoms with van der Waals surface area (Å²) in [6.45, 7) is 5.78. The van der Waals surface area contributed by atoms with Crippen LogP contribution in [0.4, 0.5) is 11.4 Å². The van der Waals surface area contributed by atoms with E-state index in [0.717, 1.165) is 5.69 Å². The molecule has 0 aliphatic heterocycles. The third-order valence-corrected chi connectivity index (χ3v) is 3.09. The molecule has 0 fully saturated rings. The van der Waals surface area contributed by atoms with E-state index in [9.17, 15) is 9.90 Å². The first-order chi connectivity index (χ1) is 9.26. The van der Waals surface area contributed by atoms with Gasteiger partial charge in [-0.2, -0.15) is 0 Å². The van der Waals surface area contributed by atoms with Gasteiger partial charge in [0.25, 0.3) is 5.56 Å². The van der Waals surface area contributed by atoms with Crippen molar-refractivity contribution in [2.75, 3.05) is 17.6 Å². The Balaban J connectivity index is 2.28. The second kappa shape index (κ2) is 5.13. The summed E-state index contributed by atoms with van der Waals surface area (Å²) in [6, 6.07) is 3.49. The quantitative estimate of drug-likeness (QED) is 0.632. The van der Waals surface area contributed by atoms with E-state index in [1.54, 1.807) is 32.9 Å². The fourth-order valence-electron chi connectivity index (χ4n) is 1.90.